The second-order valence-electron chi connectivity index (χ2n) is 12.1. The number of fused-ring (bicyclic) bond motifs is 6. The van der Waals surface area contributed by atoms with E-state index in [2.05, 4.69) is 168 Å². The van der Waals surface area contributed by atoms with E-state index in [0.717, 1.165) is 0 Å². The predicted molar refractivity (Wildman–Crippen MR) is 196 cm³/mol. The molecule has 214 valence electrons. The number of nitrogens with zero attached hydrogens (tertiary/aromatic N) is 1. The van der Waals surface area contributed by atoms with Gasteiger partial charge in [0.15, 0.2) is 0 Å². The van der Waals surface area contributed by atoms with Gasteiger partial charge in [-0.3, -0.25) is 0 Å². The van der Waals surface area contributed by atoms with E-state index in [4.69, 9.17) is 0 Å². The molecule has 8 aromatic carbocycles. The first kappa shape index (κ1) is 25.7. The predicted octanol–water partition coefficient (Wildman–Crippen LogP) is 12.6. The van der Waals surface area contributed by atoms with E-state index >= 15 is 0 Å². The highest BCUT2D eigenvalue weighted by atomic mass is 32.2. The fourth-order valence-corrected chi connectivity index (χ4v) is 8.64. The van der Waals surface area contributed by atoms with Gasteiger partial charge in [0.2, 0.25) is 0 Å². The molecule has 1 aliphatic rings. The quantitative estimate of drug-likeness (QED) is 0.195. The molecule has 0 fully saturated rings. The number of aromatic nitrogens is 1. The van der Waals surface area contributed by atoms with Crippen molar-refractivity contribution in [1.82, 2.24) is 4.57 Å². The van der Waals surface area contributed by atoms with Gasteiger partial charge in [-0.1, -0.05) is 133 Å². The SMILES string of the molecule is c1ccc(-n2c3cc4ccccc4cc3c3c(-c4ccc(-c5ccc6c7c(cccc57)-c5ccccc5S6)cc4)cccc32)cc1. The van der Waals surface area contributed by atoms with Crippen LogP contribution in [0, 0.1) is 0 Å². The van der Waals surface area contributed by atoms with Crippen molar-refractivity contribution in [2.75, 3.05) is 0 Å². The average molecular weight is 602 g/mol. The third-order valence-corrected chi connectivity index (χ3v) is 10.7. The van der Waals surface area contributed by atoms with Crippen LogP contribution in [-0.2, 0) is 0 Å². The molecule has 1 nitrogen and oxygen atoms in total. The van der Waals surface area contributed by atoms with Crippen LogP contribution in [0.15, 0.2) is 174 Å². The van der Waals surface area contributed by atoms with Crippen molar-refractivity contribution in [3.05, 3.63) is 164 Å². The molecule has 0 amide bonds. The summed E-state index contributed by atoms with van der Waals surface area (Å²) in [5, 5.41) is 7.75. The zero-order chi connectivity index (χ0) is 30.2. The summed E-state index contributed by atoms with van der Waals surface area (Å²) in [6.07, 6.45) is 0. The van der Waals surface area contributed by atoms with E-state index in [1.165, 1.54) is 92.2 Å². The van der Waals surface area contributed by atoms with Crippen molar-refractivity contribution in [2.24, 2.45) is 0 Å². The van der Waals surface area contributed by atoms with Crippen LogP contribution in [0.1, 0.15) is 0 Å². The Morgan fingerprint density at radius 2 is 1.04 bits per heavy atom. The van der Waals surface area contributed by atoms with Crippen LogP contribution in [-0.4, -0.2) is 4.57 Å². The van der Waals surface area contributed by atoms with Crippen molar-refractivity contribution < 1.29 is 0 Å². The maximum Gasteiger partial charge on any atom is 0.0547 e. The molecule has 2 heteroatoms. The van der Waals surface area contributed by atoms with E-state index in [1.807, 2.05) is 11.8 Å². The fraction of sp³-hybridized carbons (Fsp3) is 0. The number of para-hydroxylation sites is 1. The molecule has 46 heavy (non-hydrogen) atoms. The monoisotopic (exact) mass is 601 g/mol. The van der Waals surface area contributed by atoms with Gasteiger partial charge in [-0.15, -0.1) is 0 Å². The average Bonchev–Trinajstić information content (AvgIpc) is 3.45. The van der Waals surface area contributed by atoms with Gasteiger partial charge >= 0.3 is 0 Å². The minimum atomic E-state index is 1.17. The summed E-state index contributed by atoms with van der Waals surface area (Å²) in [5.74, 6) is 0. The maximum atomic E-state index is 2.42. The Hall–Kier alpha value is -5.57. The lowest BCUT2D eigenvalue weighted by Gasteiger charge is -2.21. The molecule has 0 atom stereocenters. The van der Waals surface area contributed by atoms with Crippen molar-refractivity contribution in [3.8, 4) is 39.1 Å². The Balaban J connectivity index is 1.16. The summed E-state index contributed by atoms with van der Waals surface area (Å²) in [6, 6.07) is 60.2. The van der Waals surface area contributed by atoms with E-state index < -0.39 is 0 Å². The Labute approximate surface area is 271 Å². The molecule has 2 heterocycles. The van der Waals surface area contributed by atoms with Gasteiger partial charge in [-0.05, 0) is 92.0 Å². The molecule has 0 saturated carbocycles. The van der Waals surface area contributed by atoms with Crippen LogP contribution in [0.25, 0.3) is 82.4 Å². The standard InChI is InChI=1S/C44H27NS/c1-2-12-32(13-3-1)45-39-18-9-15-34(43(39)38-26-30-10-4-5-11-31(30)27-40(38)45)29-22-20-28(21-23-29)33-24-25-42-44-36(33)16-8-17-37(44)35-14-6-7-19-41(35)46-42/h1-27H. The third kappa shape index (κ3) is 3.77. The Bertz CT molecular complexity index is 2650. The molecule has 0 unspecified atom stereocenters. The van der Waals surface area contributed by atoms with Crippen LogP contribution in [0.3, 0.4) is 0 Å². The maximum absolute atomic E-state index is 2.42. The van der Waals surface area contributed by atoms with Gasteiger partial charge in [0.05, 0.1) is 11.0 Å². The Morgan fingerprint density at radius 1 is 0.370 bits per heavy atom. The lowest BCUT2D eigenvalue weighted by molar-refractivity contribution is 1.18. The van der Waals surface area contributed by atoms with Crippen LogP contribution >= 0.6 is 11.8 Å². The zero-order valence-electron chi connectivity index (χ0n) is 24.9. The zero-order valence-corrected chi connectivity index (χ0v) is 25.8. The number of rotatable bonds is 3. The smallest absolute Gasteiger partial charge is 0.0547 e. The summed E-state index contributed by atoms with van der Waals surface area (Å²) < 4.78 is 2.42. The molecule has 1 aliphatic heterocycles. The normalized spacial score (nSPS) is 12.3. The number of benzene rings is 8. The first-order chi connectivity index (χ1) is 22.8. The molecular weight excluding hydrogens is 575 g/mol. The van der Waals surface area contributed by atoms with Gasteiger partial charge in [0.25, 0.3) is 0 Å². The highest BCUT2D eigenvalue weighted by Gasteiger charge is 2.21. The van der Waals surface area contributed by atoms with Crippen molar-refractivity contribution in [2.45, 2.75) is 9.79 Å². The molecular formula is C44H27NS. The summed E-state index contributed by atoms with van der Waals surface area (Å²) >= 11 is 1.88. The van der Waals surface area contributed by atoms with Gasteiger partial charge in [0, 0.05) is 31.6 Å². The largest absolute Gasteiger partial charge is 0.309 e. The van der Waals surface area contributed by atoms with Crippen LogP contribution in [0.4, 0.5) is 0 Å². The van der Waals surface area contributed by atoms with Gasteiger partial charge in [0.1, 0.15) is 0 Å². The molecule has 0 N–H and O–H groups in total. The summed E-state index contributed by atoms with van der Waals surface area (Å²) in [5.41, 5.74) is 11.3. The molecule has 1 aromatic heterocycles. The Morgan fingerprint density at radius 3 is 1.89 bits per heavy atom. The molecule has 10 rings (SSSR count). The topological polar surface area (TPSA) is 4.93 Å². The van der Waals surface area contributed by atoms with Crippen molar-refractivity contribution in [3.63, 3.8) is 0 Å². The molecule has 0 aliphatic carbocycles. The van der Waals surface area contributed by atoms with Crippen molar-refractivity contribution >= 4 is 55.1 Å². The van der Waals surface area contributed by atoms with Crippen LogP contribution in [0.2, 0.25) is 0 Å². The van der Waals surface area contributed by atoms with Gasteiger partial charge < -0.3 is 4.57 Å². The van der Waals surface area contributed by atoms with Crippen molar-refractivity contribution in [1.29, 1.82) is 0 Å². The number of hydrogen-bond donors (Lipinski definition) is 0. The lowest BCUT2D eigenvalue weighted by atomic mass is 9.91. The first-order valence-corrected chi connectivity index (χ1v) is 16.6. The Kier molecular flexibility index (Phi) is 5.58. The van der Waals surface area contributed by atoms with E-state index in [-0.39, 0.29) is 0 Å². The van der Waals surface area contributed by atoms with E-state index in [1.54, 1.807) is 0 Å². The second kappa shape index (κ2) is 9.97. The van der Waals surface area contributed by atoms with Crippen LogP contribution in [0.5, 0.6) is 0 Å². The van der Waals surface area contributed by atoms with Gasteiger partial charge in [-0.2, -0.15) is 0 Å². The third-order valence-electron chi connectivity index (χ3n) is 9.58. The molecule has 9 aromatic rings. The molecule has 0 bridgehead atoms. The highest BCUT2D eigenvalue weighted by molar-refractivity contribution is 7.99. The van der Waals surface area contributed by atoms with Crippen LogP contribution < -0.4 is 0 Å². The van der Waals surface area contributed by atoms with E-state index in [9.17, 15) is 0 Å². The summed E-state index contributed by atoms with van der Waals surface area (Å²) in [4.78, 5) is 2.66. The highest BCUT2D eigenvalue weighted by Crippen LogP contribution is 2.49. The molecule has 0 radical (unpaired) electrons. The molecule has 0 spiro atoms. The minimum absolute atomic E-state index is 1.17. The first-order valence-electron chi connectivity index (χ1n) is 15.8. The minimum Gasteiger partial charge on any atom is -0.309 e. The van der Waals surface area contributed by atoms with Gasteiger partial charge in [-0.25, -0.2) is 0 Å². The number of hydrogen-bond acceptors (Lipinski definition) is 1. The summed E-state index contributed by atoms with van der Waals surface area (Å²) in [6.45, 7) is 0. The van der Waals surface area contributed by atoms with E-state index in [0.29, 0.717) is 0 Å². The molecule has 0 saturated heterocycles. The second-order valence-corrected chi connectivity index (χ2v) is 13.2. The lowest BCUT2D eigenvalue weighted by Crippen LogP contribution is -1.94. The fourth-order valence-electron chi connectivity index (χ4n) is 7.51. The summed E-state index contributed by atoms with van der Waals surface area (Å²) in [7, 11) is 0.